The summed E-state index contributed by atoms with van der Waals surface area (Å²) >= 11 is 0. The van der Waals surface area contributed by atoms with E-state index in [4.69, 9.17) is 0 Å². The predicted octanol–water partition coefficient (Wildman–Crippen LogP) is 4.31. The summed E-state index contributed by atoms with van der Waals surface area (Å²) < 4.78 is 0. The number of nitrogens with one attached hydrogen (secondary N) is 2. The van der Waals surface area contributed by atoms with E-state index < -0.39 is 0 Å². The molecule has 130 valence electrons. The molecule has 4 nitrogen and oxygen atoms in total. The predicted molar refractivity (Wildman–Crippen MR) is 102 cm³/mol. The number of carbonyl (C=O) groups excluding carboxylic acids is 1. The fraction of sp³-hybridized carbons (Fsp3) is 0.333. The topological polar surface area (TPSA) is 54.0 Å². The van der Waals surface area contributed by atoms with E-state index in [0.29, 0.717) is 12.1 Å². The quantitative estimate of drug-likeness (QED) is 0.741. The van der Waals surface area contributed by atoms with Crippen molar-refractivity contribution in [1.29, 1.82) is 0 Å². The van der Waals surface area contributed by atoms with E-state index in [9.17, 15) is 4.79 Å². The number of allylic oxidation sites excluding steroid dienone is 1. The van der Waals surface area contributed by atoms with Crippen LogP contribution < -0.4 is 10.6 Å². The molecule has 0 fully saturated rings. The van der Waals surface area contributed by atoms with Gasteiger partial charge in [-0.1, -0.05) is 42.0 Å². The summed E-state index contributed by atoms with van der Waals surface area (Å²) in [5, 5.41) is 6.31. The van der Waals surface area contributed by atoms with Crippen LogP contribution in [-0.2, 0) is 6.54 Å². The van der Waals surface area contributed by atoms with E-state index in [0.717, 1.165) is 24.2 Å². The summed E-state index contributed by atoms with van der Waals surface area (Å²) in [4.78, 5) is 16.5. The molecule has 0 atom stereocenters. The maximum absolute atomic E-state index is 12.3. The molecule has 4 heteroatoms. The Bertz CT molecular complexity index is 725. The maximum Gasteiger partial charge on any atom is 0.253 e. The van der Waals surface area contributed by atoms with Gasteiger partial charge in [-0.05, 0) is 43.7 Å². The Hall–Kier alpha value is -2.62. The molecule has 0 unspecified atom stereocenters. The largest absolute Gasteiger partial charge is 0.383 e. The van der Waals surface area contributed by atoms with Crippen molar-refractivity contribution in [2.75, 3.05) is 11.9 Å². The molecule has 1 heterocycles. The number of carbonyl (C=O) groups is 1. The third-order valence-electron chi connectivity index (χ3n) is 4.46. The van der Waals surface area contributed by atoms with Crippen LogP contribution in [0, 0.1) is 0 Å². The molecule has 0 spiro atoms. The number of nitrogens with zero attached hydrogens (tertiary/aromatic N) is 1. The molecule has 0 saturated carbocycles. The van der Waals surface area contributed by atoms with E-state index in [1.54, 1.807) is 18.0 Å². The van der Waals surface area contributed by atoms with Crippen molar-refractivity contribution in [2.24, 2.45) is 0 Å². The third kappa shape index (κ3) is 5.45. The highest BCUT2D eigenvalue weighted by molar-refractivity contribution is 5.94. The fourth-order valence-electron chi connectivity index (χ4n) is 3.04. The molecule has 0 aliphatic heterocycles. The van der Waals surface area contributed by atoms with Gasteiger partial charge in [-0.15, -0.1) is 0 Å². The van der Waals surface area contributed by atoms with Crippen molar-refractivity contribution < 1.29 is 4.79 Å². The number of pyridine rings is 1. The van der Waals surface area contributed by atoms with Crippen LogP contribution in [0.4, 0.5) is 5.69 Å². The van der Waals surface area contributed by atoms with Crippen molar-refractivity contribution in [3.63, 3.8) is 0 Å². The lowest BCUT2D eigenvalue weighted by molar-refractivity contribution is 0.0950. The smallest absolute Gasteiger partial charge is 0.253 e. The van der Waals surface area contributed by atoms with Crippen LogP contribution in [0.15, 0.2) is 60.4 Å². The zero-order chi connectivity index (χ0) is 17.3. The first-order valence-electron chi connectivity index (χ1n) is 9.00. The Labute approximate surface area is 149 Å². The standard InChI is InChI=1S/C21H25N3O/c25-21(24-14-18-9-5-2-6-10-18)19-13-20(16-22-15-19)23-12-11-17-7-3-1-4-8-17/h2,5-7,9-10,13,15-16,23H,1,3-4,8,11-12,14H2,(H,24,25). The van der Waals surface area contributed by atoms with Crippen LogP contribution in [0.25, 0.3) is 0 Å². The van der Waals surface area contributed by atoms with Crippen LogP contribution in [0.5, 0.6) is 0 Å². The molecule has 2 N–H and O–H groups in total. The van der Waals surface area contributed by atoms with E-state index >= 15 is 0 Å². The number of hydrogen-bond donors (Lipinski definition) is 2. The van der Waals surface area contributed by atoms with Gasteiger partial charge >= 0.3 is 0 Å². The van der Waals surface area contributed by atoms with Gasteiger partial charge in [-0.3, -0.25) is 9.78 Å². The van der Waals surface area contributed by atoms with Crippen LogP contribution in [-0.4, -0.2) is 17.4 Å². The normalized spacial score (nSPS) is 13.8. The third-order valence-corrected chi connectivity index (χ3v) is 4.46. The van der Waals surface area contributed by atoms with E-state index in [1.165, 1.54) is 25.7 Å². The van der Waals surface area contributed by atoms with E-state index in [-0.39, 0.29) is 5.91 Å². The minimum Gasteiger partial charge on any atom is -0.383 e. The van der Waals surface area contributed by atoms with Gasteiger partial charge < -0.3 is 10.6 Å². The minimum atomic E-state index is -0.102. The lowest BCUT2D eigenvalue weighted by Crippen LogP contribution is -2.23. The average Bonchev–Trinajstić information content (AvgIpc) is 2.68. The zero-order valence-corrected chi connectivity index (χ0v) is 14.5. The molecule has 0 bridgehead atoms. The Balaban J connectivity index is 1.50. The number of rotatable bonds is 7. The first kappa shape index (κ1) is 17.2. The number of anilines is 1. The molecule has 1 aliphatic rings. The summed E-state index contributed by atoms with van der Waals surface area (Å²) in [6, 6.07) is 11.8. The molecule has 1 aromatic heterocycles. The fourth-order valence-corrected chi connectivity index (χ4v) is 3.04. The molecular weight excluding hydrogens is 310 g/mol. The molecule has 1 amide bonds. The summed E-state index contributed by atoms with van der Waals surface area (Å²) in [5.41, 5.74) is 4.10. The van der Waals surface area contributed by atoms with E-state index in [2.05, 4.69) is 21.7 Å². The molecule has 1 aromatic carbocycles. The number of hydrogen-bond acceptors (Lipinski definition) is 3. The number of benzene rings is 1. The van der Waals surface area contributed by atoms with Gasteiger partial charge in [0.05, 0.1) is 11.3 Å². The molecule has 2 aromatic rings. The molecule has 0 radical (unpaired) electrons. The highest BCUT2D eigenvalue weighted by atomic mass is 16.1. The van der Waals surface area contributed by atoms with Gasteiger partial charge in [-0.2, -0.15) is 0 Å². The van der Waals surface area contributed by atoms with Gasteiger partial charge in [0.2, 0.25) is 0 Å². The average molecular weight is 335 g/mol. The lowest BCUT2D eigenvalue weighted by atomic mass is 9.97. The summed E-state index contributed by atoms with van der Waals surface area (Å²) in [7, 11) is 0. The van der Waals surface area contributed by atoms with E-state index in [1.807, 2.05) is 36.4 Å². The second-order valence-electron chi connectivity index (χ2n) is 6.42. The number of amides is 1. The van der Waals surface area contributed by atoms with Crippen molar-refractivity contribution in [3.05, 3.63) is 71.6 Å². The zero-order valence-electron chi connectivity index (χ0n) is 14.5. The Morgan fingerprint density at radius 2 is 2.00 bits per heavy atom. The van der Waals surface area contributed by atoms with Crippen molar-refractivity contribution in [1.82, 2.24) is 10.3 Å². The second kappa shape index (κ2) is 9.02. The van der Waals surface area contributed by atoms with Crippen LogP contribution in [0.2, 0.25) is 0 Å². The van der Waals surface area contributed by atoms with Gasteiger partial charge in [0.1, 0.15) is 0 Å². The Morgan fingerprint density at radius 3 is 2.80 bits per heavy atom. The molecule has 0 saturated heterocycles. The first-order chi connectivity index (χ1) is 12.3. The van der Waals surface area contributed by atoms with Gasteiger partial charge in [-0.25, -0.2) is 0 Å². The molecule has 1 aliphatic carbocycles. The second-order valence-corrected chi connectivity index (χ2v) is 6.42. The minimum absolute atomic E-state index is 0.102. The number of aromatic nitrogens is 1. The summed E-state index contributed by atoms with van der Waals surface area (Å²) in [6.45, 7) is 1.40. The Kier molecular flexibility index (Phi) is 6.21. The van der Waals surface area contributed by atoms with Crippen LogP contribution in [0.3, 0.4) is 0 Å². The maximum atomic E-state index is 12.3. The monoisotopic (exact) mass is 335 g/mol. The highest BCUT2D eigenvalue weighted by Crippen LogP contribution is 2.20. The van der Waals surface area contributed by atoms with Gasteiger partial charge in [0.15, 0.2) is 0 Å². The van der Waals surface area contributed by atoms with Crippen molar-refractivity contribution in [3.8, 4) is 0 Å². The van der Waals surface area contributed by atoms with Gasteiger partial charge in [0, 0.05) is 25.5 Å². The Morgan fingerprint density at radius 1 is 1.12 bits per heavy atom. The van der Waals surface area contributed by atoms with Crippen molar-refractivity contribution >= 4 is 11.6 Å². The van der Waals surface area contributed by atoms with Crippen molar-refractivity contribution in [2.45, 2.75) is 38.6 Å². The SMILES string of the molecule is O=C(NCc1ccccc1)c1cncc(NCCC2=CCCCC2)c1. The van der Waals surface area contributed by atoms with Crippen LogP contribution >= 0.6 is 0 Å². The molecule has 3 rings (SSSR count). The van der Waals surface area contributed by atoms with Crippen LogP contribution in [0.1, 0.15) is 48.0 Å². The molecule has 25 heavy (non-hydrogen) atoms. The first-order valence-corrected chi connectivity index (χ1v) is 9.00. The lowest BCUT2D eigenvalue weighted by Gasteiger charge is -2.13. The summed E-state index contributed by atoms with van der Waals surface area (Å²) in [6.07, 6.45) is 11.9. The highest BCUT2D eigenvalue weighted by Gasteiger charge is 2.07. The van der Waals surface area contributed by atoms with Gasteiger partial charge in [0.25, 0.3) is 5.91 Å². The molecular formula is C21H25N3O. The summed E-state index contributed by atoms with van der Waals surface area (Å²) in [5.74, 6) is -0.102.